The number of nitrogens with one attached hydrogen (secondary N) is 2. The number of aliphatic carboxylic acids is 1. The number of likely N-dealkylation sites (tertiary alicyclic amines) is 1. The van der Waals surface area contributed by atoms with E-state index in [1.807, 2.05) is 32.0 Å². The lowest BCUT2D eigenvalue weighted by molar-refractivity contribution is -0.147. The third kappa shape index (κ3) is 11.0. The molecule has 48 heavy (non-hydrogen) atoms. The molecule has 0 aliphatic carbocycles. The summed E-state index contributed by atoms with van der Waals surface area (Å²) in [7, 11) is 4.66. The topological polar surface area (TPSA) is 181 Å². The summed E-state index contributed by atoms with van der Waals surface area (Å²) in [5.74, 6) is -3.32. The Morgan fingerprint density at radius 1 is 1.08 bits per heavy atom. The number of likely N-dealkylation sites (N-methyl/N-ethyl adjacent to an activating group) is 1. The summed E-state index contributed by atoms with van der Waals surface area (Å²) in [6.07, 6.45) is 1.58. The highest BCUT2D eigenvalue weighted by Gasteiger charge is 2.42. The van der Waals surface area contributed by atoms with Gasteiger partial charge in [-0.1, -0.05) is 63.9 Å². The summed E-state index contributed by atoms with van der Waals surface area (Å²) in [5, 5.41) is 15.1. The van der Waals surface area contributed by atoms with Crippen LogP contribution in [0.1, 0.15) is 72.3 Å². The predicted octanol–water partition coefficient (Wildman–Crippen LogP) is 1.96. The fourth-order valence-corrected chi connectivity index (χ4v) is 6.59. The van der Waals surface area contributed by atoms with Gasteiger partial charge in [-0.05, 0) is 38.2 Å². The average molecular weight is 676 g/mol. The van der Waals surface area contributed by atoms with E-state index in [1.165, 1.54) is 14.2 Å². The number of hydrogen-bond acceptors (Lipinski definition) is 8. The normalized spacial score (nSPS) is 18.0. The second-order valence-electron chi connectivity index (χ2n) is 13.3. The number of hydrogen-bond donors (Lipinski definition) is 4. The molecule has 2 rings (SSSR count). The van der Waals surface area contributed by atoms with E-state index in [4.69, 9.17) is 15.2 Å². The number of amides is 4. The average Bonchev–Trinajstić information content (AvgIpc) is 3.54. The molecule has 1 aliphatic rings. The lowest BCUT2D eigenvalue weighted by atomic mass is 9.87. The number of carbonyl (C=O) groups is 5. The van der Waals surface area contributed by atoms with Crippen LogP contribution in [0.25, 0.3) is 0 Å². The van der Waals surface area contributed by atoms with Crippen LogP contribution in [-0.2, 0) is 39.9 Å². The van der Waals surface area contributed by atoms with Crippen molar-refractivity contribution in [2.24, 2.45) is 17.6 Å². The van der Waals surface area contributed by atoms with Crippen molar-refractivity contribution in [3.8, 4) is 0 Å². The first-order valence-corrected chi connectivity index (χ1v) is 16.9. The van der Waals surface area contributed by atoms with Gasteiger partial charge in [-0.3, -0.25) is 19.2 Å². The minimum absolute atomic E-state index is 0.0108. The summed E-state index contributed by atoms with van der Waals surface area (Å²) in [6.45, 7) is 9.06. The van der Waals surface area contributed by atoms with Gasteiger partial charge in [-0.2, -0.15) is 0 Å². The first-order valence-electron chi connectivity index (χ1n) is 16.9. The van der Waals surface area contributed by atoms with Crippen molar-refractivity contribution in [3.63, 3.8) is 0 Å². The van der Waals surface area contributed by atoms with Gasteiger partial charge in [0.25, 0.3) is 0 Å². The Morgan fingerprint density at radius 3 is 2.23 bits per heavy atom. The fourth-order valence-electron chi connectivity index (χ4n) is 6.59. The molecule has 13 heteroatoms. The molecule has 0 bridgehead atoms. The van der Waals surface area contributed by atoms with E-state index in [1.54, 1.807) is 49.8 Å². The third-order valence-corrected chi connectivity index (χ3v) is 9.49. The Morgan fingerprint density at radius 2 is 1.71 bits per heavy atom. The van der Waals surface area contributed by atoms with Crippen LogP contribution < -0.4 is 16.4 Å². The third-order valence-electron chi connectivity index (χ3n) is 9.49. The minimum atomic E-state index is -1.14. The highest BCUT2D eigenvalue weighted by Crippen LogP contribution is 2.30. The number of nitrogens with two attached hydrogens (primary N) is 1. The smallest absolute Gasteiger partial charge is 0.326 e. The number of carbonyl (C=O) groups excluding carboxylic acids is 4. The molecular formula is C35H57N5O8. The van der Waals surface area contributed by atoms with Crippen molar-refractivity contribution in [2.75, 3.05) is 34.4 Å². The fraction of sp³-hybridized carbons (Fsp3) is 0.686. The molecule has 0 spiro atoms. The van der Waals surface area contributed by atoms with Crippen LogP contribution in [0.15, 0.2) is 30.3 Å². The van der Waals surface area contributed by atoms with Crippen molar-refractivity contribution in [3.05, 3.63) is 35.9 Å². The predicted molar refractivity (Wildman–Crippen MR) is 182 cm³/mol. The molecule has 5 N–H and O–H groups in total. The van der Waals surface area contributed by atoms with Crippen LogP contribution in [-0.4, -0.2) is 115 Å². The van der Waals surface area contributed by atoms with Crippen molar-refractivity contribution in [1.29, 1.82) is 0 Å². The lowest BCUT2D eigenvalue weighted by Crippen LogP contribution is -2.56. The SMILES string of the molecule is CCC(CC)C(C(CC(=O)N1CCCC1C(OC)C(C)C(=O)NC(Cc1ccccc1)C(=O)O)OC)N(C)C(=O)CNC(=O)C(C)(C)N. The summed E-state index contributed by atoms with van der Waals surface area (Å²) in [6, 6.07) is 7.08. The molecule has 13 nitrogen and oxygen atoms in total. The number of carboxylic acids is 1. The Bertz CT molecular complexity index is 1220. The molecule has 1 aromatic rings. The van der Waals surface area contributed by atoms with Crippen LogP contribution in [0, 0.1) is 11.8 Å². The summed E-state index contributed by atoms with van der Waals surface area (Å²) < 4.78 is 11.7. The van der Waals surface area contributed by atoms with Crippen molar-refractivity contribution in [2.45, 2.75) is 109 Å². The molecule has 270 valence electrons. The molecular weight excluding hydrogens is 618 g/mol. The molecule has 4 amide bonds. The lowest BCUT2D eigenvalue weighted by Gasteiger charge is -2.40. The molecule has 1 fully saturated rings. The zero-order chi connectivity index (χ0) is 36.2. The highest BCUT2D eigenvalue weighted by molar-refractivity contribution is 5.89. The van der Waals surface area contributed by atoms with Gasteiger partial charge in [0.15, 0.2) is 0 Å². The Kier molecular flexibility index (Phi) is 16.0. The first-order chi connectivity index (χ1) is 22.6. The largest absolute Gasteiger partial charge is 0.480 e. The van der Waals surface area contributed by atoms with Gasteiger partial charge in [0.2, 0.25) is 23.6 Å². The van der Waals surface area contributed by atoms with Gasteiger partial charge in [0.1, 0.15) is 6.04 Å². The molecule has 0 aromatic heterocycles. The number of rotatable bonds is 19. The van der Waals surface area contributed by atoms with Gasteiger partial charge in [0, 0.05) is 34.2 Å². The van der Waals surface area contributed by atoms with Gasteiger partial charge < -0.3 is 40.7 Å². The quantitative estimate of drug-likeness (QED) is 0.171. The monoisotopic (exact) mass is 675 g/mol. The molecule has 1 aromatic carbocycles. The first kappa shape index (κ1) is 40.6. The second-order valence-corrected chi connectivity index (χ2v) is 13.3. The van der Waals surface area contributed by atoms with Crippen LogP contribution in [0.3, 0.4) is 0 Å². The molecule has 6 atom stereocenters. The molecule has 0 saturated carbocycles. The van der Waals surface area contributed by atoms with E-state index in [2.05, 4.69) is 10.6 Å². The molecule has 0 radical (unpaired) electrons. The number of ether oxygens (including phenoxy) is 2. The summed E-state index contributed by atoms with van der Waals surface area (Å²) in [4.78, 5) is 68.2. The zero-order valence-corrected chi connectivity index (χ0v) is 29.9. The van der Waals surface area contributed by atoms with E-state index < -0.39 is 59.6 Å². The van der Waals surface area contributed by atoms with Gasteiger partial charge >= 0.3 is 5.97 Å². The van der Waals surface area contributed by atoms with Crippen LogP contribution in [0.5, 0.6) is 0 Å². The van der Waals surface area contributed by atoms with E-state index >= 15 is 0 Å². The van der Waals surface area contributed by atoms with Crippen molar-refractivity contribution < 1.29 is 38.6 Å². The van der Waals surface area contributed by atoms with Gasteiger partial charge in [-0.25, -0.2) is 4.79 Å². The van der Waals surface area contributed by atoms with Gasteiger partial charge in [-0.15, -0.1) is 0 Å². The maximum absolute atomic E-state index is 14.0. The maximum Gasteiger partial charge on any atom is 0.326 e. The van der Waals surface area contributed by atoms with Crippen molar-refractivity contribution >= 4 is 29.6 Å². The minimum Gasteiger partial charge on any atom is -0.480 e. The Hall–Kier alpha value is -3.55. The van der Waals surface area contributed by atoms with Crippen molar-refractivity contribution in [1.82, 2.24) is 20.4 Å². The van der Waals surface area contributed by atoms with E-state index in [0.717, 1.165) is 18.4 Å². The summed E-state index contributed by atoms with van der Waals surface area (Å²) >= 11 is 0. The zero-order valence-electron chi connectivity index (χ0n) is 29.9. The number of carboxylic acid groups (broad SMARTS) is 1. The number of benzene rings is 1. The highest BCUT2D eigenvalue weighted by atomic mass is 16.5. The Balaban J connectivity index is 2.21. The number of methoxy groups -OCH3 is 2. The van der Waals surface area contributed by atoms with E-state index in [0.29, 0.717) is 19.4 Å². The molecule has 1 heterocycles. The number of nitrogens with zero attached hydrogens (tertiary/aromatic N) is 2. The van der Waals surface area contributed by atoms with Crippen LogP contribution >= 0.6 is 0 Å². The van der Waals surface area contributed by atoms with E-state index in [-0.39, 0.29) is 37.1 Å². The van der Waals surface area contributed by atoms with E-state index in [9.17, 15) is 29.1 Å². The molecule has 1 aliphatic heterocycles. The van der Waals surface area contributed by atoms with Crippen LogP contribution in [0.2, 0.25) is 0 Å². The standard InChI is InChI=1S/C35H57N5O8/c1-9-24(10-2)30(39(6)29(42)21-37-34(46)35(4,5)36)27(47-7)20-28(41)40-18-14-17-26(40)31(48-8)22(3)32(43)38-25(33(44)45)19-23-15-12-11-13-16-23/h11-13,15-16,22,24-27,30-31H,9-10,14,17-21,36H2,1-8H3,(H,37,46)(H,38,43)(H,44,45). The van der Waals surface area contributed by atoms with Crippen LogP contribution in [0.4, 0.5) is 0 Å². The molecule has 6 unspecified atom stereocenters. The van der Waals surface area contributed by atoms with Gasteiger partial charge in [0.05, 0.1) is 48.7 Å². The Labute approximate surface area is 285 Å². The maximum atomic E-state index is 14.0. The molecule has 1 saturated heterocycles. The summed E-state index contributed by atoms with van der Waals surface area (Å²) in [5.41, 5.74) is 5.50. The second kappa shape index (κ2) is 18.8.